The van der Waals surface area contributed by atoms with Gasteiger partial charge in [0.25, 0.3) is 0 Å². The average Bonchev–Trinajstić information content (AvgIpc) is 2.25. The molecule has 1 aliphatic carbocycles. The summed E-state index contributed by atoms with van der Waals surface area (Å²) in [7, 11) is 0. The van der Waals surface area contributed by atoms with Crippen molar-refractivity contribution in [1.29, 1.82) is 0 Å². The van der Waals surface area contributed by atoms with Crippen LogP contribution in [0.2, 0.25) is 0 Å². The highest BCUT2D eigenvalue weighted by Gasteiger charge is 2.33. The molecule has 1 rings (SSSR count). The van der Waals surface area contributed by atoms with Crippen LogP contribution in [0.25, 0.3) is 0 Å². The minimum absolute atomic E-state index is 0. The van der Waals surface area contributed by atoms with Crippen LogP contribution in [0.3, 0.4) is 0 Å². The fourth-order valence-electron chi connectivity index (χ4n) is 3.03. The molecule has 0 aromatic rings. The van der Waals surface area contributed by atoms with E-state index in [1.807, 2.05) is 20.8 Å². The van der Waals surface area contributed by atoms with E-state index >= 15 is 0 Å². The van der Waals surface area contributed by atoms with Crippen molar-refractivity contribution < 1.29 is 4.79 Å². The lowest BCUT2D eigenvalue weighted by molar-refractivity contribution is -0.129. The van der Waals surface area contributed by atoms with E-state index in [2.05, 4.69) is 26.1 Å². The van der Waals surface area contributed by atoms with Gasteiger partial charge in [-0.2, -0.15) is 0 Å². The Morgan fingerprint density at radius 1 is 1.05 bits per heavy atom. The largest absolute Gasteiger partial charge is 0.303 e. The SMILES string of the molecule is C.CC(C)(C)NC(CC1CCCCC1)C(=O)C(C)(C)C. The molecule has 0 aromatic carbocycles. The number of hydrogen-bond acceptors (Lipinski definition) is 2. The summed E-state index contributed by atoms with van der Waals surface area (Å²) in [6.45, 7) is 12.6. The molecular formula is C18H37NO. The number of carbonyl (C=O) groups excluding carboxylic acids is 1. The first-order valence-corrected chi connectivity index (χ1v) is 7.91. The Morgan fingerprint density at radius 2 is 1.55 bits per heavy atom. The Morgan fingerprint density at radius 3 is 1.95 bits per heavy atom. The molecule has 0 radical (unpaired) electrons. The fraction of sp³-hybridized carbons (Fsp3) is 0.944. The highest BCUT2D eigenvalue weighted by atomic mass is 16.1. The molecule has 0 bridgehead atoms. The summed E-state index contributed by atoms with van der Waals surface area (Å²) in [5, 5.41) is 3.56. The van der Waals surface area contributed by atoms with E-state index in [-0.39, 0.29) is 24.4 Å². The summed E-state index contributed by atoms with van der Waals surface area (Å²) in [5.74, 6) is 1.10. The van der Waals surface area contributed by atoms with Crippen molar-refractivity contribution in [2.75, 3.05) is 0 Å². The Bertz CT molecular complexity index is 290. The number of hydrogen-bond donors (Lipinski definition) is 1. The molecule has 0 spiro atoms. The first-order valence-electron chi connectivity index (χ1n) is 7.91. The lowest BCUT2D eigenvalue weighted by Crippen LogP contribution is -2.51. The smallest absolute Gasteiger partial charge is 0.155 e. The predicted molar refractivity (Wildman–Crippen MR) is 89.1 cm³/mol. The quantitative estimate of drug-likeness (QED) is 0.789. The molecule has 0 amide bonds. The fourth-order valence-corrected chi connectivity index (χ4v) is 3.03. The van der Waals surface area contributed by atoms with E-state index in [1.54, 1.807) is 0 Å². The second kappa shape index (κ2) is 7.59. The molecular weight excluding hydrogens is 246 g/mol. The Kier molecular flexibility index (Phi) is 7.44. The zero-order valence-electron chi connectivity index (χ0n) is 13.8. The van der Waals surface area contributed by atoms with Crippen LogP contribution in [-0.4, -0.2) is 17.4 Å². The topological polar surface area (TPSA) is 29.1 Å². The molecule has 2 heteroatoms. The van der Waals surface area contributed by atoms with E-state index < -0.39 is 0 Å². The number of nitrogens with one attached hydrogen (secondary N) is 1. The maximum atomic E-state index is 12.7. The van der Waals surface area contributed by atoms with Crippen LogP contribution in [-0.2, 0) is 4.79 Å². The maximum absolute atomic E-state index is 12.7. The standard InChI is InChI=1S/C17H33NO.CH4/c1-16(2,3)15(19)14(18-17(4,5)6)12-13-10-8-7-9-11-13;/h13-14,18H,7-12H2,1-6H3;1H4. The van der Waals surface area contributed by atoms with Crippen molar-refractivity contribution in [2.24, 2.45) is 11.3 Å². The summed E-state index contributed by atoms with van der Waals surface area (Å²) in [5.41, 5.74) is -0.252. The monoisotopic (exact) mass is 283 g/mol. The maximum Gasteiger partial charge on any atom is 0.155 e. The van der Waals surface area contributed by atoms with Crippen LogP contribution in [0.15, 0.2) is 0 Å². The second-order valence-electron chi connectivity index (χ2n) is 8.30. The van der Waals surface area contributed by atoms with Gasteiger partial charge in [-0.15, -0.1) is 0 Å². The third-order valence-corrected chi connectivity index (χ3v) is 3.96. The van der Waals surface area contributed by atoms with Crippen molar-refractivity contribution >= 4 is 5.78 Å². The first kappa shape index (κ1) is 19.6. The highest BCUT2D eigenvalue weighted by molar-refractivity contribution is 5.88. The summed E-state index contributed by atoms with van der Waals surface area (Å²) < 4.78 is 0. The van der Waals surface area contributed by atoms with Crippen LogP contribution in [0.1, 0.15) is 87.5 Å². The van der Waals surface area contributed by atoms with Gasteiger partial charge >= 0.3 is 0 Å². The molecule has 1 atom stereocenters. The molecule has 1 N–H and O–H groups in total. The summed E-state index contributed by atoms with van der Waals surface area (Å²) in [6.07, 6.45) is 7.70. The minimum atomic E-state index is -0.252. The Hall–Kier alpha value is -0.370. The number of Topliss-reactive ketones (excluding diaryl/α,β-unsaturated/α-hetero) is 1. The average molecular weight is 283 g/mol. The molecule has 2 nitrogen and oxygen atoms in total. The van der Waals surface area contributed by atoms with Crippen molar-refractivity contribution in [3.8, 4) is 0 Å². The van der Waals surface area contributed by atoms with Crippen molar-refractivity contribution in [3.63, 3.8) is 0 Å². The lowest BCUT2D eigenvalue weighted by Gasteiger charge is -2.34. The van der Waals surface area contributed by atoms with Crippen LogP contribution >= 0.6 is 0 Å². The van der Waals surface area contributed by atoms with Gasteiger partial charge in [-0.05, 0) is 33.1 Å². The molecule has 0 aliphatic heterocycles. The number of rotatable bonds is 4. The van der Waals surface area contributed by atoms with E-state index in [0.717, 1.165) is 12.3 Å². The molecule has 1 aliphatic rings. The normalized spacial score (nSPS) is 19.3. The van der Waals surface area contributed by atoms with Gasteiger partial charge in [-0.25, -0.2) is 0 Å². The van der Waals surface area contributed by atoms with Gasteiger partial charge in [0.05, 0.1) is 6.04 Å². The van der Waals surface area contributed by atoms with E-state index in [1.165, 1.54) is 32.1 Å². The van der Waals surface area contributed by atoms with Crippen molar-refractivity contribution in [3.05, 3.63) is 0 Å². The van der Waals surface area contributed by atoms with Crippen LogP contribution < -0.4 is 5.32 Å². The van der Waals surface area contributed by atoms with Crippen molar-refractivity contribution in [1.82, 2.24) is 5.32 Å². The van der Waals surface area contributed by atoms with Gasteiger partial charge in [-0.1, -0.05) is 60.3 Å². The van der Waals surface area contributed by atoms with Gasteiger partial charge < -0.3 is 5.32 Å². The van der Waals surface area contributed by atoms with Crippen LogP contribution in [0.4, 0.5) is 0 Å². The first-order chi connectivity index (χ1) is 8.59. The lowest BCUT2D eigenvalue weighted by atomic mass is 9.78. The molecule has 0 aromatic heterocycles. The number of carbonyl (C=O) groups is 1. The van der Waals surface area contributed by atoms with Crippen molar-refractivity contribution in [2.45, 2.75) is 99.1 Å². The van der Waals surface area contributed by atoms with Gasteiger partial charge in [-0.3, -0.25) is 4.79 Å². The third-order valence-electron chi connectivity index (χ3n) is 3.96. The van der Waals surface area contributed by atoms with E-state index in [0.29, 0.717) is 5.78 Å². The molecule has 1 fully saturated rings. The molecule has 1 saturated carbocycles. The summed E-state index contributed by atoms with van der Waals surface area (Å²) in [6, 6.07) is 0.0168. The predicted octanol–water partition coefficient (Wildman–Crippen LogP) is 4.96. The third kappa shape index (κ3) is 6.88. The van der Waals surface area contributed by atoms with Gasteiger partial charge in [0.15, 0.2) is 5.78 Å². The van der Waals surface area contributed by atoms with Crippen LogP contribution in [0, 0.1) is 11.3 Å². The molecule has 1 unspecified atom stereocenters. The highest BCUT2D eigenvalue weighted by Crippen LogP contribution is 2.30. The van der Waals surface area contributed by atoms with Crippen LogP contribution in [0.5, 0.6) is 0 Å². The number of ketones is 1. The molecule has 0 heterocycles. The zero-order chi connectivity index (χ0) is 14.7. The summed E-state index contributed by atoms with van der Waals surface area (Å²) >= 11 is 0. The molecule has 0 saturated heterocycles. The Balaban J connectivity index is 0.00000361. The Labute approximate surface area is 127 Å². The summed E-state index contributed by atoms with van der Waals surface area (Å²) in [4.78, 5) is 12.7. The van der Waals surface area contributed by atoms with E-state index in [9.17, 15) is 4.79 Å². The van der Waals surface area contributed by atoms with E-state index in [4.69, 9.17) is 0 Å². The molecule has 20 heavy (non-hydrogen) atoms. The minimum Gasteiger partial charge on any atom is -0.303 e. The van der Waals surface area contributed by atoms with Gasteiger partial charge in [0.2, 0.25) is 0 Å². The zero-order valence-corrected chi connectivity index (χ0v) is 13.8. The van der Waals surface area contributed by atoms with Gasteiger partial charge in [0, 0.05) is 11.0 Å². The molecule has 120 valence electrons. The second-order valence-corrected chi connectivity index (χ2v) is 8.30. The van der Waals surface area contributed by atoms with Gasteiger partial charge in [0.1, 0.15) is 0 Å².